The van der Waals surface area contributed by atoms with E-state index in [0.717, 1.165) is 32.1 Å². The maximum Gasteiger partial charge on any atom is 1.00 e. The Morgan fingerprint density at radius 2 is 1.20 bits per heavy atom. The van der Waals surface area contributed by atoms with Crippen molar-refractivity contribution in [3.63, 3.8) is 0 Å². The van der Waals surface area contributed by atoms with Crippen molar-refractivity contribution in [2.24, 2.45) is 0 Å². The van der Waals surface area contributed by atoms with Crippen LogP contribution in [0.3, 0.4) is 0 Å². The SMILES string of the molecule is CCCCCCCCCCCC(CCC(O)CCCC)S(=O)(=O)[O-].[Na+]. The van der Waals surface area contributed by atoms with Crippen LogP contribution in [0, 0.1) is 0 Å². The zero-order valence-corrected chi connectivity index (χ0v) is 19.7. The fourth-order valence-electron chi connectivity index (χ4n) is 3.08. The number of unbranched alkanes of at least 4 members (excludes halogenated alkanes) is 9. The molecule has 0 aliphatic heterocycles. The number of rotatable bonds is 17. The van der Waals surface area contributed by atoms with Gasteiger partial charge in [-0.2, -0.15) is 0 Å². The average molecular weight is 387 g/mol. The summed E-state index contributed by atoms with van der Waals surface area (Å²) in [6.45, 7) is 4.27. The zero-order chi connectivity index (χ0) is 18.3. The molecule has 4 nitrogen and oxygen atoms in total. The molecule has 2 atom stereocenters. The van der Waals surface area contributed by atoms with Gasteiger partial charge in [0.25, 0.3) is 0 Å². The van der Waals surface area contributed by atoms with E-state index >= 15 is 0 Å². The molecule has 0 heterocycles. The molecule has 0 aliphatic rings. The molecule has 2 unspecified atom stereocenters. The third-order valence-electron chi connectivity index (χ3n) is 4.75. The Kier molecular flexibility index (Phi) is 20.5. The molecule has 25 heavy (non-hydrogen) atoms. The zero-order valence-electron chi connectivity index (χ0n) is 16.8. The molecule has 1 N–H and O–H groups in total. The summed E-state index contributed by atoms with van der Waals surface area (Å²) in [5, 5.41) is 9.01. The van der Waals surface area contributed by atoms with Crippen LogP contribution in [0.1, 0.15) is 110 Å². The van der Waals surface area contributed by atoms with Crippen LogP contribution in [0.15, 0.2) is 0 Å². The van der Waals surface area contributed by atoms with Crippen LogP contribution in [0.25, 0.3) is 0 Å². The largest absolute Gasteiger partial charge is 1.00 e. The molecule has 0 radical (unpaired) electrons. The van der Waals surface area contributed by atoms with Crippen molar-refractivity contribution in [2.45, 2.75) is 122 Å². The predicted molar refractivity (Wildman–Crippen MR) is 100 cm³/mol. The summed E-state index contributed by atoms with van der Waals surface area (Å²) in [6.07, 6.45) is 13.9. The van der Waals surface area contributed by atoms with E-state index in [2.05, 4.69) is 13.8 Å². The van der Waals surface area contributed by atoms with Gasteiger partial charge in [0.2, 0.25) is 0 Å². The Hall–Kier alpha value is 0.870. The van der Waals surface area contributed by atoms with Gasteiger partial charge in [-0.15, -0.1) is 0 Å². The Labute approximate surface area is 178 Å². The molecule has 0 rings (SSSR count). The predicted octanol–water partition coefficient (Wildman–Crippen LogP) is 2.16. The molecule has 0 bridgehead atoms. The quantitative estimate of drug-likeness (QED) is 0.236. The van der Waals surface area contributed by atoms with Crippen molar-refractivity contribution in [3.05, 3.63) is 0 Å². The van der Waals surface area contributed by atoms with Crippen LogP contribution < -0.4 is 29.6 Å². The number of aliphatic hydroxyl groups is 1. The van der Waals surface area contributed by atoms with Crippen molar-refractivity contribution >= 4 is 10.1 Å². The number of aliphatic hydroxyl groups excluding tert-OH is 1. The Morgan fingerprint density at radius 3 is 1.68 bits per heavy atom. The smallest absolute Gasteiger partial charge is 0.748 e. The second-order valence-electron chi connectivity index (χ2n) is 7.11. The summed E-state index contributed by atoms with van der Waals surface area (Å²) in [5.74, 6) is 0. The van der Waals surface area contributed by atoms with Gasteiger partial charge < -0.3 is 9.66 Å². The van der Waals surface area contributed by atoms with Gasteiger partial charge in [-0.25, -0.2) is 8.42 Å². The molecule has 0 aromatic heterocycles. The normalized spacial score (nSPS) is 14.1. The van der Waals surface area contributed by atoms with E-state index in [1.54, 1.807) is 0 Å². The minimum Gasteiger partial charge on any atom is -0.748 e. The van der Waals surface area contributed by atoms with E-state index in [4.69, 9.17) is 0 Å². The van der Waals surface area contributed by atoms with Gasteiger partial charge in [0.1, 0.15) is 0 Å². The van der Waals surface area contributed by atoms with E-state index in [9.17, 15) is 18.1 Å². The van der Waals surface area contributed by atoms with Crippen molar-refractivity contribution in [2.75, 3.05) is 0 Å². The topological polar surface area (TPSA) is 77.4 Å². The van der Waals surface area contributed by atoms with Crippen molar-refractivity contribution in [3.8, 4) is 0 Å². The second kappa shape index (κ2) is 18.2. The first-order chi connectivity index (χ1) is 11.4. The second-order valence-corrected chi connectivity index (χ2v) is 8.76. The van der Waals surface area contributed by atoms with Gasteiger partial charge in [0.15, 0.2) is 0 Å². The van der Waals surface area contributed by atoms with E-state index in [-0.39, 0.29) is 29.6 Å². The minimum absolute atomic E-state index is 0. The summed E-state index contributed by atoms with van der Waals surface area (Å²) in [7, 11) is -4.25. The molecular formula is C19H39NaO4S. The first-order valence-electron chi connectivity index (χ1n) is 10.0. The summed E-state index contributed by atoms with van der Waals surface area (Å²) < 4.78 is 34.2. The third kappa shape index (κ3) is 18.0. The average Bonchev–Trinajstić information content (AvgIpc) is 2.52. The minimum atomic E-state index is -4.25. The molecule has 0 aliphatic carbocycles. The van der Waals surface area contributed by atoms with Gasteiger partial charge in [-0.1, -0.05) is 84.5 Å². The van der Waals surface area contributed by atoms with E-state index < -0.39 is 21.5 Å². The monoisotopic (exact) mass is 386 g/mol. The van der Waals surface area contributed by atoms with Gasteiger partial charge in [0, 0.05) is 5.25 Å². The fraction of sp³-hybridized carbons (Fsp3) is 1.00. The summed E-state index contributed by atoms with van der Waals surface area (Å²) in [6, 6.07) is 0. The van der Waals surface area contributed by atoms with E-state index in [1.807, 2.05) is 0 Å². The molecule has 146 valence electrons. The molecular weight excluding hydrogens is 347 g/mol. The van der Waals surface area contributed by atoms with Crippen LogP contribution in [-0.4, -0.2) is 29.4 Å². The first kappa shape index (κ1) is 28.1. The Morgan fingerprint density at radius 1 is 0.720 bits per heavy atom. The standard InChI is InChI=1S/C19H40O4S.Na/c1-3-5-7-8-9-10-11-12-13-15-19(24(21,22)23)17-16-18(20)14-6-4-2;/h18-20H,3-17H2,1-2H3,(H,21,22,23);/q;+1/p-1. The Bertz CT molecular complexity index is 374. The Balaban J connectivity index is 0. The molecule has 0 spiro atoms. The maximum atomic E-state index is 11.4. The number of hydrogen-bond donors (Lipinski definition) is 1. The van der Waals surface area contributed by atoms with Crippen molar-refractivity contribution in [1.82, 2.24) is 0 Å². The van der Waals surface area contributed by atoms with Gasteiger partial charge in [0.05, 0.1) is 16.2 Å². The molecule has 0 saturated heterocycles. The van der Waals surface area contributed by atoms with Crippen LogP contribution in [0.2, 0.25) is 0 Å². The molecule has 0 aromatic rings. The molecule has 0 amide bonds. The number of hydrogen-bond acceptors (Lipinski definition) is 4. The summed E-state index contributed by atoms with van der Waals surface area (Å²) in [4.78, 5) is 0. The maximum absolute atomic E-state index is 11.4. The first-order valence-corrected chi connectivity index (χ1v) is 11.5. The molecule has 6 heteroatoms. The molecule has 0 aromatic carbocycles. The summed E-state index contributed by atoms with van der Waals surface area (Å²) in [5.41, 5.74) is 0. The molecule has 0 saturated carbocycles. The molecule has 0 fully saturated rings. The third-order valence-corrected chi connectivity index (χ3v) is 6.04. The summed E-state index contributed by atoms with van der Waals surface area (Å²) >= 11 is 0. The van der Waals surface area contributed by atoms with Gasteiger partial charge >= 0.3 is 29.6 Å². The fourth-order valence-corrected chi connectivity index (χ4v) is 3.96. The van der Waals surface area contributed by atoms with E-state index in [1.165, 1.54) is 38.5 Å². The van der Waals surface area contributed by atoms with Crippen LogP contribution in [0.4, 0.5) is 0 Å². The van der Waals surface area contributed by atoms with E-state index in [0.29, 0.717) is 25.7 Å². The van der Waals surface area contributed by atoms with Gasteiger partial charge in [-0.05, 0) is 25.7 Å². The van der Waals surface area contributed by atoms with Crippen LogP contribution >= 0.6 is 0 Å². The van der Waals surface area contributed by atoms with Crippen LogP contribution in [-0.2, 0) is 10.1 Å². The van der Waals surface area contributed by atoms with Crippen molar-refractivity contribution in [1.29, 1.82) is 0 Å². The van der Waals surface area contributed by atoms with Gasteiger partial charge in [-0.3, -0.25) is 0 Å². The van der Waals surface area contributed by atoms with Crippen molar-refractivity contribution < 1.29 is 47.6 Å². The van der Waals surface area contributed by atoms with Crippen LogP contribution in [0.5, 0.6) is 0 Å².